The van der Waals surface area contributed by atoms with Gasteiger partial charge in [0, 0.05) is 19.4 Å². The molecule has 3 rings (SSSR count). The first-order valence-corrected chi connectivity index (χ1v) is 9.50. The van der Waals surface area contributed by atoms with E-state index in [9.17, 15) is 4.79 Å². The van der Waals surface area contributed by atoms with Gasteiger partial charge in [-0.05, 0) is 55.2 Å². The maximum absolute atomic E-state index is 12.8. The molecular weight excluding hydrogens is 360 g/mol. The highest BCUT2D eigenvalue weighted by atomic mass is 32.1. The fraction of sp³-hybridized carbons (Fsp3) is 0.381. The molecule has 1 aromatic carbocycles. The molecule has 142 valence electrons. The summed E-state index contributed by atoms with van der Waals surface area (Å²) in [6, 6.07) is 10.8. The third-order valence-electron chi connectivity index (χ3n) is 5.22. The van der Waals surface area contributed by atoms with Crippen LogP contribution >= 0.6 is 12.2 Å². The molecule has 0 saturated heterocycles. The minimum absolute atomic E-state index is 0.343. The molecule has 1 aliphatic carbocycles. The summed E-state index contributed by atoms with van der Waals surface area (Å²) in [5.74, 6) is 0.349. The fourth-order valence-corrected chi connectivity index (χ4v) is 4.15. The summed E-state index contributed by atoms with van der Waals surface area (Å²) in [6.07, 6.45) is 6.81. The topological polar surface area (TPSA) is 60.5 Å². The van der Waals surface area contributed by atoms with E-state index in [0.29, 0.717) is 16.3 Å². The molecule has 0 spiro atoms. The number of nitrogens with one attached hydrogen (secondary N) is 1. The number of benzene rings is 1. The zero-order valence-corrected chi connectivity index (χ0v) is 16.4. The van der Waals surface area contributed by atoms with Crippen molar-refractivity contribution in [3.63, 3.8) is 0 Å². The Labute approximate surface area is 165 Å². The van der Waals surface area contributed by atoms with Crippen LogP contribution in [0.3, 0.4) is 0 Å². The Morgan fingerprint density at radius 3 is 2.67 bits per heavy atom. The van der Waals surface area contributed by atoms with Gasteiger partial charge in [-0.1, -0.05) is 24.7 Å². The lowest BCUT2D eigenvalue weighted by Crippen LogP contribution is -2.53. The second-order valence-corrected chi connectivity index (χ2v) is 7.07. The van der Waals surface area contributed by atoms with Crippen molar-refractivity contribution in [1.29, 1.82) is 0 Å². The van der Waals surface area contributed by atoms with Crippen molar-refractivity contribution in [3.8, 4) is 5.75 Å². The van der Waals surface area contributed by atoms with E-state index < -0.39 is 5.41 Å². The molecule has 2 atom stereocenters. The van der Waals surface area contributed by atoms with Crippen molar-refractivity contribution in [2.45, 2.75) is 37.2 Å². The monoisotopic (exact) mass is 384 g/mol. The Balaban J connectivity index is 1.92. The van der Waals surface area contributed by atoms with Gasteiger partial charge < -0.3 is 14.8 Å². The zero-order valence-electron chi connectivity index (χ0n) is 15.6. The predicted molar refractivity (Wildman–Crippen MR) is 108 cm³/mol. The Bertz CT molecular complexity index is 795. The van der Waals surface area contributed by atoms with Gasteiger partial charge in [0.15, 0.2) is 0 Å². The maximum Gasteiger partial charge on any atom is 0.338 e. The number of ether oxygens (including phenoxy) is 2. The summed E-state index contributed by atoms with van der Waals surface area (Å²) in [5, 5.41) is 3.13. The van der Waals surface area contributed by atoms with Gasteiger partial charge in [-0.25, -0.2) is 4.79 Å². The molecule has 1 aliphatic rings. The van der Waals surface area contributed by atoms with E-state index in [-0.39, 0.29) is 12.1 Å². The number of carbonyl (C=O) groups excluding carboxylic acids is 1. The predicted octanol–water partition coefficient (Wildman–Crippen LogP) is 3.67. The van der Waals surface area contributed by atoms with Gasteiger partial charge >= 0.3 is 5.97 Å². The Kier molecular flexibility index (Phi) is 6.06. The molecule has 1 fully saturated rings. The lowest BCUT2D eigenvalue weighted by molar-refractivity contribution is 0.00430. The number of pyridine rings is 1. The first-order chi connectivity index (χ1) is 13.1. The smallest absolute Gasteiger partial charge is 0.338 e. The Morgan fingerprint density at radius 1 is 1.26 bits per heavy atom. The van der Waals surface area contributed by atoms with E-state index in [0.717, 1.165) is 31.2 Å². The Hall–Kier alpha value is -2.47. The van der Waals surface area contributed by atoms with E-state index in [1.165, 1.54) is 0 Å². The van der Waals surface area contributed by atoms with Crippen molar-refractivity contribution < 1.29 is 14.3 Å². The first kappa shape index (κ1) is 19.3. The number of hydrogen-bond donors (Lipinski definition) is 1. The van der Waals surface area contributed by atoms with Crippen molar-refractivity contribution in [2.75, 3.05) is 14.2 Å². The van der Waals surface area contributed by atoms with Crippen molar-refractivity contribution in [1.82, 2.24) is 10.3 Å². The van der Waals surface area contributed by atoms with Crippen LogP contribution in [0.5, 0.6) is 5.75 Å². The van der Waals surface area contributed by atoms with Crippen LogP contribution in [0, 0.1) is 0 Å². The summed E-state index contributed by atoms with van der Waals surface area (Å²) in [7, 11) is 3.41. The molecule has 1 saturated carbocycles. The molecule has 1 N–H and O–H groups in total. The third kappa shape index (κ3) is 3.81. The number of methoxy groups -OCH3 is 1. The van der Waals surface area contributed by atoms with E-state index in [1.807, 2.05) is 25.4 Å². The van der Waals surface area contributed by atoms with Crippen LogP contribution in [0.15, 0.2) is 48.8 Å². The van der Waals surface area contributed by atoms with E-state index >= 15 is 0 Å². The van der Waals surface area contributed by atoms with Gasteiger partial charge in [0.2, 0.25) is 0 Å². The van der Waals surface area contributed by atoms with Crippen molar-refractivity contribution >= 4 is 23.2 Å². The Morgan fingerprint density at radius 2 is 2.04 bits per heavy atom. The number of aromatic nitrogens is 1. The van der Waals surface area contributed by atoms with Crippen LogP contribution in [0.2, 0.25) is 0 Å². The number of thiocarbonyl (C=S) groups is 1. The molecule has 1 aromatic heterocycles. The normalized spacial score (nSPS) is 21.9. The van der Waals surface area contributed by atoms with Crippen molar-refractivity contribution in [2.24, 2.45) is 0 Å². The van der Waals surface area contributed by atoms with Gasteiger partial charge in [-0.2, -0.15) is 0 Å². The minimum atomic E-state index is -0.557. The molecule has 5 nitrogen and oxygen atoms in total. The number of esters is 1. The number of likely N-dealkylation sites (N-methyl/N-ethyl adjacent to an activating group) is 1. The fourth-order valence-electron chi connectivity index (χ4n) is 3.80. The average molecular weight is 385 g/mol. The molecule has 0 amide bonds. The van der Waals surface area contributed by atoms with Crippen LogP contribution in [-0.4, -0.2) is 36.2 Å². The SMILES string of the molecule is CNC(=S)[C@]1(c2cccnc2)CCCC[C@H]1OC(=O)c1ccc(OC)cc1. The van der Waals surface area contributed by atoms with E-state index in [1.54, 1.807) is 37.6 Å². The van der Waals surface area contributed by atoms with Gasteiger partial charge in [0.1, 0.15) is 11.9 Å². The molecule has 1 heterocycles. The molecule has 0 radical (unpaired) electrons. The quantitative estimate of drug-likeness (QED) is 0.627. The zero-order chi connectivity index (χ0) is 19.3. The second-order valence-electron chi connectivity index (χ2n) is 6.66. The lowest BCUT2D eigenvalue weighted by Gasteiger charge is -2.43. The van der Waals surface area contributed by atoms with Gasteiger partial charge in [0.25, 0.3) is 0 Å². The summed E-state index contributed by atoms with van der Waals surface area (Å²) < 4.78 is 11.2. The summed E-state index contributed by atoms with van der Waals surface area (Å²) >= 11 is 5.70. The summed E-state index contributed by atoms with van der Waals surface area (Å²) in [6.45, 7) is 0. The number of hydrogen-bond acceptors (Lipinski definition) is 5. The van der Waals surface area contributed by atoms with Crippen LogP contribution in [-0.2, 0) is 10.2 Å². The van der Waals surface area contributed by atoms with Crippen molar-refractivity contribution in [3.05, 3.63) is 59.9 Å². The molecule has 0 aliphatic heterocycles. The molecule has 0 bridgehead atoms. The van der Waals surface area contributed by atoms with E-state index in [2.05, 4.69) is 10.3 Å². The average Bonchev–Trinajstić information content (AvgIpc) is 2.74. The third-order valence-corrected chi connectivity index (χ3v) is 5.79. The number of rotatable bonds is 5. The molecular formula is C21H24N2O3S. The number of nitrogens with zero attached hydrogens (tertiary/aromatic N) is 1. The largest absolute Gasteiger partial charge is 0.497 e. The molecule has 2 aromatic rings. The standard InChI is InChI=1S/C21H24N2O3S/c1-22-20(27)21(16-6-5-13-23-14-16)12-4-3-7-18(21)26-19(24)15-8-10-17(25-2)11-9-15/h5-6,8-11,13-14,18H,3-4,7,12H2,1-2H3,(H,22,27)/t18-,21+/m1/s1. The van der Waals surface area contributed by atoms with Gasteiger partial charge in [-0.3, -0.25) is 4.98 Å². The summed E-state index contributed by atoms with van der Waals surface area (Å²) in [4.78, 5) is 17.8. The van der Waals surface area contributed by atoms with Crippen LogP contribution in [0.25, 0.3) is 0 Å². The minimum Gasteiger partial charge on any atom is -0.497 e. The van der Waals surface area contributed by atoms with Crippen LogP contribution < -0.4 is 10.1 Å². The highest BCUT2D eigenvalue weighted by molar-refractivity contribution is 7.80. The van der Waals surface area contributed by atoms with Gasteiger partial charge in [-0.15, -0.1) is 0 Å². The lowest BCUT2D eigenvalue weighted by atomic mass is 9.67. The molecule has 6 heteroatoms. The first-order valence-electron chi connectivity index (χ1n) is 9.09. The van der Waals surface area contributed by atoms with Gasteiger partial charge in [0.05, 0.1) is 23.1 Å². The summed E-state index contributed by atoms with van der Waals surface area (Å²) in [5.41, 5.74) is 0.923. The van der Waals surface area contributed by atoms with Crippen LogP contribution in [0.4, 0.5) is 0 Å². The molecule has 27 heavy (non-hydrogen) atoms. The second kappa shape index (κ2) is 8.48. The highest BCUT2D eigenvalue weighted by Crippen LogP contribution is 2.42. The highest BCUT2D eigenvalue weighted by Gasteiger charge is 2.48. The molecule has 0 unspecified atom stereocenters. The van der Waals surface area contributed by atoms with E-state index in [4.69, 9.17) is 21.7 Å². The van der Waals surface area contributed by atoms with Crippen LogP contribution in [0.1, 0.15) is 41.6 Å². The maximum atomic E-state index is 12.8. The number of carbonyl (C=O) groups is 1.